The summed E-state index contributed by atoms with van der Waals surface area (Å²) < 4.78 is 24.0. The number of ether oxygens (including phenoxy) is 2. The van der Waals surface area contributed by atoms with Crippen LogP contribution in [0.1, 0.15) is 84.1 Å². The lowest BCUT2D eigenvalue weighted by atomic mass is 9.51. The summed E-state index contributed by atoms with van der Waals surface area (Å²) in [6.07, 6.45) is 9.39. The van der Waals surface area contributed by atoms with Crippen LogP contribution in [0, 0.1) is 11.3 Å². The van der Waals surface area contributed by atoms with E-state index in [4.69, 9.17) is 9.47 Å². The molecule has 1 aromatic rings. The first-order valence-corrected chi connectivity index (χ1v) is 12.7. The van der Waals surface area contributed by atoms with E-state index >= 15 is 0 Å². The van der Waals surface area contributed by atoms with Crippen LogP contribution < -0.4 is 10.1 Å². The van der Waals surface area contributed by atoms with Crippen molar-refractivity contribution in [2.45, 2.75) is 89.5 Å². The summed E-state index contributed by atoms with van der Waals surface area (Å²) in [4.78, 5) is 13.5. The van der Waals surface area contributed by atoms with Crippen LogP contribution in [0.15, 0.2) is 36.2 Å². The Balaban J connectivity index is 1.37. The van der Waals surface area contributed by atoms with Crippen molar-refractivity contribution in [3.05, 3.63) is 41.7 Å². The third kappa shape index (κ3) is 4.99. The average Bonchev–Trinajstić information content (AvgIpc) is 2.86. The fraction of sp³-hybridized carbons (Fsp3) is 0.679. The van der Waals surface area contributed by atoms with Gasteiger partial charge in [0.05, 0.1) is 6.33 Å². The number of amides is 1. The summed E-state index contributed by atoms with van der Waals surface area (Å²) in [6, 6.07) is 8.36. The van der Waals surface area contributed by atoms with Crippen LogP contribution in [0.3, 0.4) is 0 Å². The van der Waals surface area contributed by atoms with Crippen molar-refractivity contribution < 1.29 is 18.7 Å². The van der Waals surface area contributed by atoms with Gasteiger partial charge in [0.15, 0.2) is 0 Å². The molecule has 1 N–H and O–H groups in total. The number of carbonyl (C=O) groups is 1. The van der Waals surface area contributed by atoms with Crippen LogP contribution in [-0.2, 0) is 14.9 Å². The quantitative estimate of drug-likeness (QED) is 0.502. The number of hydrogen-bond donors (Lipinski definition) is 1. The molecule has 1 saturated heterocycles. The summed E-state index contributed by atoms with van der Waals surface area (Å²) in [5.74, 6) is 1.52. The zero-order valence-electron chi connectivity index (χ0n) is 20.6. The van der Waals surface area contributed by atoms with E-state index in [1.54, 1.807) is 0 Å². The first kappa shape index (κ1) is 24.3. The molecule has 5 heteroatoms. The van der Waals surface area contributed by atoms with E-state index in [9.17, 15) is 9.18 Å². The van der Waals surface area contributed by atoms with E-state index in [-0.39, 0.29) is 22.3 Å². The Morgan fingerprint density at radius 1 is 1.12 bits per heavy atom. The zero-order chi connectivity index (χ0) is 23.5. The number of rotatable bonds is 8. The largest absolute Gasteiger partial charge is 0.489 e. The van der Waals surface area contributed by atoms with Gasteiger partial charge in [0.25, 0.3) is 0 Å². The van der Waals surface area contributed by atoms with E-state index in [2.05, 4.69) is 31.3 Å². The van der Waals surface area contributed by atoms with Gasteiger partial charge in [-0.05, 0) is 106 Å². The van der Waals surface area contributed by atoms with Gasteiger partial charge in [-0.25, -0.2) is 4.39 Å². The third-order valence-electron chi connectivity index (χ3n) is 8.90. The molecule has 1 amide bonds. The molecule has 3 saturated carbocycles. The Morgan fingerprint density at radius 2 is 1.73 bits per heavy atom. The maximum atomic E-state index is 13.5. The predicted molar refractivity (Wildman–Crippen MR) is 129 cm³/mol. The van der Waals surface area contributed by atoms with Gasteiger partial charge in [-0.2, -0.15) is 0 Å². The molecule has 182 valence electrons. The van der Waals surface area contributed by atoms with Crippen molar-refractivity contribution in [1.29, 1.82) is 0 Å². The maximum absolute atomic E-state index is 13.5. The van der Waals surface area contributed by atoms with Gasteiger partial charge < -0.3 is 14.8 Å². The molecule has 0 unspecified atom stereocenters. The Morgan fingerprint density at radius 3 is 2.27 bits per heavy atom. The molecule has 4 fully saturated rings. The van der Waals surface area contributed by atoms with Crippen LogP contribution >= 0.6 is 0 Å². The number of hydrogen-bond acceptors (Lipinski definition) is 3. The highest BCUT2D eigenvalue weighted by molar-refractivity contribution is 5.84. The fourth-order valence-electron chi connectivity index (χ4n) is 6.20. The lowest BCUT2D eigenvalue weighted by Gasteiger charge is -2.53. The van der Waals surface area contributed by atoms with Gasteiger partial charge in [0.2, 0.25) is 5.91 Å². The second-order valence-corrected chi connectivity index (χ2v) is 11.1. The normalized spacial score (nSPS) is 28.5. The van der Waals surface area contributed by atoms with Crippen molar-refractivity contribution >= 4 is 5.91 Å². The maximum Gasteiger partial charge on any atom is 0.226 e. The highest BCUT2D eigenvalue weighted by Crippen LogP contribution is 2.58. The molecule has 1 aromatic carbocycles. The second-order valence-electron chi connectivity index (χ2n) is 11.1. The van der Waals surface area contributed by atoms with Crippen molar-refractivity contribution in [2.75, 3.05) is 19.8 Å². The van der Waals surface area contributed by atoms with Crippen LogP contribution in [0.4, 0.5) is 4.39 Å². The smallest absolute Gasteiger partial charge is 0.226 e. The van der Waals surface area contributed by atoms with E-state index < -0.39 is 0 Å². The molecule has 0 spiro atoms. The number of halogens is 1. The molecule has 4 nitrogen and oxygen atoms in total. The highest BCUT2D eigenvalue weighted by Gasteiger charge is 2.53. The van der Waals surface area contributed by atoms with Crippen molar-refractivity contribution in [3.8, 4) is 5.75 Å². The number of fused-ring (bicyclic) bond motifs is 3. The van der Waals surface area contributed by atoms with Gasteiger partial charge in [-0.3, -0.25) is 4.79 Å². The average molecular weight is 458 g/mol. The SMILES string of the molecule is CC/C(=C\F)COc1ccc(C23CCC(C(=O)NC(C)(C)C4CCOCC4)(CC2)CC3)cc1. The highest BCUT2D eigenvalue weighted by atomic mass is 19.1. The van der Waals surface area contributed by atoms with E-state index in [1.165, 1.54) is 5.56 Å². The lowest BCUT2D eigenvalue weighted by Crippen LogP contribution is -2.58. The minimum absolute atomic E-state index is 0.171. The number of benzene rings is 1. The topological polar surface area (TPSA) is 47.6 Å². The van der Waals surface area contributed by atoms with Gasteiger partial charge in [-0.15, -0.1) is 0 Å². The molecular weight excluding hydrogens is 417 g/mol. The molecule has 0 atom stereocenters. The van der Waals surface area contributed by atoms with Crippen molar-refractivity contribution in [1.82, 2.24) is 5.32 Å². The van der Waals surface area contributed by atoms with E-state index in [1.807, 2.05) is 19.1 Å². The van der Waals surface area contributed by atoms with E-state index in [0.29, 0.717) is 30.8 Å². The molecule has 0 aromatic heterocycles. The van der Waals surface area contributed by atoms with Gasteiger partial charge in [0, 0.05) is 24.2 Å². The molecule has 0 radical (unpaired) electrons. The van der Waals surface area contributed by atoms with Gasteiger partial charge >= 0.3 is 0 Å². The Hall–Kier alpha value is -1.88. The molecule has 2 bridgehead atoms. The molecular formula is C28H40FNO3. The first-order chi connectivity index (χ1) is 15.8. The standard InChI is InChI=1S/C28H40FNO3/c1-4-21(19-29)20-33-24-7-5-23(6-8-24)27-11-14-28(15-12-27,16-13-27)25(31)30-26(2,3)22-9-17-32-18-10-22/h5-8,19,22H,4,9-18,20H2,1-3H3,(H,30,31)/b21-19+. The minimum atomic E-state index is -0.206. The molecule has 3 aliphatic carbocycles. The summed E-state index contributed by atoms with van der Waals surface area (Å²) in [5, 5.41) is 3.46. The van der Waals surface area contributed by atoms with Crippen LogP contribution in [0.5, 0.6) is 5.75 Å². The summed E-state index contributed by atoms with van der Waals surface area (Å²) in [7, 11) is 0. The monoisotopic (exact) mass is 457 g/mol. The molecule has 1 aliphatic heterocycles. The summed E-state index contributed by atoms with van der Waals surface area (Å²) in [6.45, 7) is 8.18. The van der Waals surface area contributed by atoms with Crippen LogP contribution in [0.2, 0.25) is 0 Å². The second kappa shape index (κ2) is 9.77. The van der Waals surface area contributed by atoms with Gasteiger partial charge in [0.1, 0.15) is 12.4 Å². The zero-order valence-corrected chi connectivity index (χ0v) is 20.6. The summed E-state index contributed by atoms with van der Waals surface area (Å²) >= 11 is 0. The van der Waals surface area contributed by atoms with Crippen molar-refractivity contribution in [2.24, 2.45) is 11.3 Å². The minimum Gasteiger partial charge on any atom is -0.489 e. The number of carbonyl (C=O) groups excluding carboxylic acids is 1. The number of nitrogens with one attached hydrogen (secondary N) is 1. The first-order valence-electron chi connectivity index (χ1n) is 12.7. The van der Waals surface area contributed by atoms with Gasteiger partial charge in [-0.1, -0.05) is 19.1 Å². The van der Waals surface area contributed by atoms with Crippen molar-refractivity contribution in [3.63, 3.8) is 0 Å². The van der Waals surface area contributed by atoms with E-state index in [0.717, 1.165) is 70.3 Å². The predicted octanol–water partition coefficient (Wildman–Crippen LogP) is 6.24. The molecule has 4 aliphatic rings. The molecule has 1 heterocycles. The summed E-state index contributed by atoms with van der Waals surface area (Å²) in [5.41, 5.74) is 1.79. The van der Waals surface area contributed by atoms with Crippen LogP contribution in [-0.4, -0.2) is 31.3 Å². The van der Waals surface area contributed by atoms with Crippen LogP contribution in [0.25, 0.3) is 0 Å². The Bertz CT molecular complexity index is 830. The fourth-order valence-corrected chi connectivity index (χ4v) is 6.20. The molecule has 5 rings (SSSR count). The Kier molecular flexibility index (Phi) is 7.18. The molecule has 33 heavy (non-hydrogen) atoms. The Labute approximate surface area is 198 Å². The lowest BCUT2D eigenvalue weighted by molar-refractivity contribution is -0.140. The third-order valence-corrected chi connectivity index (χ3v) is 8.90.